The molecule has 0 aliphatic carbocycles. The molecule has 3 rings (SSSR count). The van der Waals surface area contributed by atoms with Gasteiger partial charge in [0.2, 0.25) is 5.91 Å². The van der Waals surface area contributed by atoms with E-state index in [1.807, 2.05) is 44.2 Å². The molecule has 1 heterocycles. The van der Waals surface area contributed by atoms with Crippen molar-refractivity contribution in [1.82, 2.24) is 0 Å². The standard InChI is InChI=1S/C20H22N2O4/c1-20(2)13-26-17-11-15(9-10-16(17)22(3)18(20)23)21-19(24)25-12-14-7-5-4-6-8-14/h4-11H,12-13H2,1-3H3,(H,21,24). The largest absolute Gasteiger partial charge is 0.490 e. The molecule has 0 atom stereocenters. The van der Waals surface area contributed by atoms with Gasteiger partial charge in [-0.2, -0.15) is 0 Å². The van der Waals surface area contributed by atoms with Crippen LogP contribution in [0.2, 0.25) is 0 Å². The van der Waals surface area contributed by atoms with Crippen LogP contribution in [0.1, 0.15) is 19.4 Å². The summed E-state index contributed by atoms with van der Waals surface area (Å²) in [4.78, 5) is 26.1. The summed E-state index contributed by atoms with van der Waals surface area (Å²) in [5, 5.41) is 2.68. The normalized spacial score (nSPS) is 15.5. The molecule has 0 aromatic heterocycles. The lowest BCUT2D eigenvalue weighted by Crippen LogP contribution is -2.39. The predicted molar refractivity (Wildman–Crippen MR) is 99.4 cm³/mol. The van der Waals surface area contributed by atoms with Gasteiger partial charge >= 0.3 is 6.09 Å². The molecule has 1 N–H and O–H groups in total. The quantitative estimate of drug-likeness (QED) is 0.910. The van der Waals surface area contributed by atoms with Gasteiger partial charge in [0.05, 0.1) is 11.1 Å². The third kappa shape index (κ3) is 3.79. The third-order valence-electron chi connectivity index (χ3n) is 4.25. The van der Waals surface area contributed by atoms with Crippen LogP contribution in [-0.4, -0.2) is 25.7 Å². The minimum Gasteiger partial charge on any atom is -0.490 e. The number of hydrogen-bond acceptors (Lipinski definition) is 4. The smallest absolute Gasteiger partial charge is 0.411 e. The van der Waals surface area contributed by atoms with Crippen LogP contribution in [0, 0.1) is 5.41 Å². The Labute approximate surface area is 152 Å². The van der Waals surface area contributed by atoms with Gasteiger partial charge in [0.15, 0.2) is 0 Å². The fraction of sp³-hybridized carbons (Fsp3) is 0.300. The lowest BCUT2D eigenvalue weighted by Gasteiger charge is -2.24. The highest BCUT2D eigenvalue weighted by Crippen LogP contribution is 2.37. The summed E-state index contributed by atoms with van der Waals surface area (Å²) in [7, 11) is 1.72. The molecule has 0 saturated carbocycles. The van der Waals surface area contributed by atoms with Gasteiger partial charge in [-0.15, -0.1) is 0 Å². The minimum absolute atomic E-state index is 0.0146. The van der Waals surface area contributed by atoms with Crippen molar-refractivity contribution in [3.63, 3.8) is 0 Å². The first kappa shape index (κ1) is 17.8. The molecule has 2 aromatic rings. The maximum absolute atomic E-state index is 12.5. The number of carbonyl (C=O) groups is 2. The Morgan fingerprint density at radius 1 is 1.23 bits per heavy atom. The summed E-state index contributed by atoms with van der Waals surface area (Å²) in [5.41, 5.74) is 1.51. The molecular formula is C20H22N2O4. The van der Waals surface area contributed by atoms with Crippen molar-refractivity contribution in [1.29, 1.82) is 0 Å². The Kier molecular flexibility index (Phi) is 4.84. The molecule has 0 bridgehead atoms. The molecule has 0 spiro atoms. The van der Waals surface area contributed by atoms with Crippen molar-refractivity contribution in [2.24, 2.45) is 5.41 Å². The molecule has 2 aromatic carbocycles. The number of ether oxygens (including phenoxy) is 2. The van der Waals surface area contributed by atoms with Crippen LogP contribution in [-0.2, 0) is 16.1 Å². The summed E-state index contributed by atoms with van der Waals surface area (Å²) in [6.07, 6.45) is -0.549. The molecule has 0 saturated heterocycles. The number of fused-ring (bicyclic) bond motifs is 1. The van der Waals surface area contributed by atoms with Crippen molar-refractivity contribution in [3.05, 3.63) is 54.1 Å². The number of nitrogens with one attached hydrogen (secondary N) is 1. The number of nitrogens with zero attached hydrogens (tertiary/aromatic N) is 1. The second-order valence-corrected chi connectivity index (χ2v) is 6.91. The van der Waals surface area contributed by atoms with E-state index in [2.05, 4.69) is 5.32 Å². The van der Waals surface area contributed by atoms with Gasteiger partial charge in [-0.25, -0.2) is 4.79 Å². The lowest BCUT2D eigenvalue weighted by molar-refractivity contribution is -0.127. The second-order valence-electron chi connectivity index (χ2n) is 6.91. The van der Waals surface area contributed by atoms with Gasteiger partial charge in [0.25, 0.3) is 0 Å². The fourth-order valence-electron chi connectivity index (χ4n) is 2.74. The first-order valence-corrected chi connectivity index (χ1v) is 8.39. The summed E-state index contributed by atoms with van der Waals surface area (Å²) >= 11 is 0. The van der Waals surface area contributed by atoms with Gasteiger partial charge in [-0.3, -0.25) is 10.1 Å². The van der Waals surface area contributed by atoms with Gasteiger partial charge in [-0.1, -0.05) is 30.3 Å². The Hall–Kier alpha value is -3.02. The first-order valence-electron chi connectivity index (χ1n) is 8.39. The highest BCUT2D eigenvalue weighted by molar-refractivity contribution is 5.99. The molecule has 1 aliphatic heterocycles. The summed E-state index contributed by atoms with van der Waals surface area (Å²) < 4.78 is 11.0. The molecule has 0 unspecified atom stereocenters. The average Bonchev–Trinajstić information content (AvgIpc) is 2.72. The number of amides is 2. The van der Waals surface area contributed by atoms with Crippen molar-refractivity contribution in [3.8, 4) is 5.75 Å². The van der Waals surface area contributed by atoms with Crippen molar-refractivity contribution in [2.45, 2.75) is 20.5 Å². The second kappa shape index (κ2) is 7.07. The van der Waals surface area contributed by atoms with E-state index in [9.17, 15) is 9.59 Å². The zero-order chi connectivity index (χ0) is 18.7. The number of benzene rings is 2. The van der Waals surface area contributed by atoms with E-state index < -0.39 is 11.5 Å². The lowest BCUT2D eigenvalue weighted by atomic mass is 9.93. The molecule has 2 amide bonds. The predicted octanol–water partition coefficient (Wildman–Crippen LogP) is 3.82. The van der Waals surface area contributed by atoms with E-state index in [4.69, 9.17) is 9.47 Å². The van der Waals surface area contributed by atoms with Crippen LogP contribution in [0.25, 0.3) is 0 Å². The van der Waals surface area contributed by atoms with Crippen LogP contribution >= 0.6 is 0 Å². The topological polar surface area (TPSA) is 67.9 Å². The Morgan fingerprint density at radius 2 is 1.96 bits per heavy atom. The molecule has 0 radical (unpaired) electrons. The van der Waals surface area contributed by atoms with E-state index in [1.165, 1.54) is 0 Å². The van der Waals surface area contributed by atoms with E-state index >= 15 is 0 Å². The Balaban J connectivity index is 1.68. The van der Waals surface area contributed by atoms with Crippen LogP contribution in [0.15, 0.2) is 48.5 Å². The van der Waals surface area contributed by atoms with Crippen LogP contribution < -0.4 is 15.0 Å². The molecule has 26 heavy (non-hydrogen) atoms. The monoisotopic (exact) mass is 354 g/mol. The van der Waals surface area contributed by atoms with E-state index in [1.54, 1.807) is 30.1 Å². The van der Waals surface area contributed by atoms with Crippen molar-refractivity contribution in [2.75, 3.05) is 23.9 Å². The molecule has 6 heteroatoms. The molecule has 1 aliphatic rings. The number of hydrogen-bond donors (Lipinski definition) is 1. The number of rotatable bonds is 3. The first-order chi connectivity index (χ1) is 12.4. The highest BCUT2D eigenvalue weighted by Gasteiger charge is 2.36. The van der Waals surface area contributed by atoms with Gasteiger partial charge in [0.1, 0.15) is 19.0 Å². The molecule has 136 valence electrons. The molecular weight excluding hydrogens is 332 g/mol. The van der Waals surface area contributed by atoms with Crippen molar-refractivity contribution >= 4 is 23.4 Å². The average molecular weight is 354 g/mol. The van der Waals surface area contributed by atoms with Gasteiger partial charge in [-0.05, 0) is 31.5 Å². The maximum Gasteiger partial charge on any atom is 0.411 e. The van der Waals surface area contributed by atoms with Crippen molar-refractivity contribution < 1.29 is 19.1 Å². The van der Waals surface area contributed by atoms with E-state index in [-0.39, 0.29) is 19.1 Å². The number of anilines is 2. The van der Waals surface area contributed by atoms with E-state index in [0.29, 0.717) is 17.1 Å². The fourth-order valence-corrected chi connectivity index (χ4v) is 2.74. The summed E-state index contributed by atoms with van der Waals surface area (Å²) in [6, 6.07) is 14.6. The van der Waals surface area contributed by atoms with E-state index in [0.717, 1.165) is 5.56 Å². The Bertz CT molecular complexity index is 818. The van der Waals surface area contributed by atoms with Crippen LogP contribution in [0.4, 0.5) is 16.2 Å². The summed E-state index contributed by atoms with van der Waals surface area (Å²) in [5.74, 6) is 0.534. The highest BCUT2D eigenvalue weighted by atomic mass is 16.5. The third-order valence-corrected chi connectivity index (χ3v) is 4.25. The SMILES string of the molecule is CN1C(=O)C(C)(C)COc2cc(NC(=O)OCc3ccccc3)ccc21. The molecule has 6 nitrogen and oxygen atoms in total. The zero-order valence-corrected chi connectivity index (χ0v) is 15.1. The summed E-state index contributed by atoms with van der Waals surface area (Å²) in [6.45, 7) is 4.15. The van der Waals surface area contributed by atoms with Crippen LogP contribution in [0.3, 0.4) is 0 Å². The maximum atomic E-state index is 12.5. The van der Waals surface area contributed by atoms with Crippen LogP contribution in [0.5, 0.6) is 5.75 Å². The van der Waals surface area contributed by atoms with Gasteiger partial charge in [0, 0.05) is 18.8 Å². The van der Waals surface area contributed by atoms with Gasteiger partial charge < -0.3 is 14.4 Å². The zero-order valence-electron chi connectivity index (χ0n) is 15.1. The Morgan fingerprint density at radius 3 is 2.69 bits per heavy atom. The number of carbonyl (C=O) groups excluding carboxylic acids is 2. The molecule has 0 fully saturated rings. The minimum atomic E-state index is -0.615.